The van der Waals surface area contributed by atoms with Crippen LogP contribution in [0.15, 0.2) is 34.9 Å². The van der Waals surface area contributed by atoms with Crippen LogP contribution in [0.25, 0.3) is 0 Å². The molecule has 0 saturated carbocycles. The highest BCUT2D eigenvalue weighted by atomic mass is 32.2. The van der Waals surface area contributed by atoms with Gasteiger partial charge in [0.05, 0.1) is 17.6 Å². The molecule has 4 rings (SSSR count). The van der Waals surface area contributed by atoms with Gasteiger partial charge in [0, 0.05) is 41.1 Å². The van der Waals surface area contributed by atoms with Crippen molar-refractivity contribution in [2.24, 2.45) is 22.8 Å². The lowest BCUT2D eigenvalue weighted by Gasteiger charge is -2.54. The molecule has 1 aromatic carbocycles. The van der Waals surface area contributed by atoms with Gasteiger partial charge >= 0.3 is 5.97 Å². The highest BCUT2D eigenvalue weighted by molar-refractivity contribution is 8.03. The number of carboxylic acids is 1. The van der Waals surface area contributed by atoms with Crippen molar-refractivity contribution < 1.29 is 24.6 Å². The first-order chi connectivity index (χ1) is 16.0. The molecule has 0 aromatic heterocycles. The van der Waals surface area contributed by atoms with Crippen LogP contribution in [0.4, 0.5) is 0 Å². The third-order valence-corrected chi connectivity index (χ3v) is 9.09. The lowest BCUT2D eigenvalue weighted by molar-refractivity contribution is -0.181. The minimum atomic E-state index is -1.11. The van der Waals surface area contributed by atoms with Crippen LogP contribution in [0.3, 0.4) is 0 Å². The van der Waals surface area contributed by atoms with Crippen molar-refractivity contribution in [1.82, 2.24) is 10.2 Å². The number of hydrogen-bond donors (Lipinski definition) is 5. The van der Waals surface area contributed by atoms with E-state index < -0.39 is 29.4 Å². The zero-order chi connectivity index (χ0) is 24.9. The molecule has 3 aliphatic heterocycles. The van der Waals surface area contributed by atoms with Gasteiger partial charge in [0.1, 0.15) is 5.70 Å². The molecule has 0 bridgehead atoms. The number of aliphatic hydroxyl groups is 1. The quantitative estimate of drug-likeness (QED) is 0.342. The molecule has 2 fully saturated rings. The molecular formula is C24H32N4O5S. The normalized spacial score (nSPS) is 32.4. The Balaban J connectivity index is 1.47. The Hall–Kier alpha value is -2.40. The van der Waals surface area contributed by atoms with Crippen molar-refractivity contribution in [3.05, 3.63) is 46.0 Å². The summed E-state index contributed by atoms with van der Waals surface area (Å²) in [5.74, 6) is -2.04. The molecule has 1 unspecified atom stereocenters. The molecule has 0 aliphatic carbocycles. The van der Waals surface area contributed by atoms with Gasteiger partial charge in [-0.05, 0) is 31.4 Å². The third-order valence-electron chi connectivity index (χ3n) is 7.58. The van der Waals surface area contributed by atoms with E-state index in [1.54, 1.807) is 13.8 Å². The number of thioether (sulfide) groups is 1. The number of rotatable bonds is 8. The number of β-lactam (4-membered cyclic amide) rings is 1. The Bertz CT molecular complexity index is 1040. The summed E-state index contributed by atoms with van der Waals surface area (Å²) in [7, 11) is 0. The molecule has 0 spiro atoms. The smallest absolute Gasteiger partial charge is 0.353 e. The number of nitrogens with zero attached hydrogens (tertiary/aromatic N) is 1. The number of carbonyl (C=O) groups excluding carboxylic acids is 2. The summed E-state index contributed by atoms with van der Waals surface area (Å²) in [4.78, 5) is 38.1. The van der Waals surface area contributed by atoms with Crippen molar-refractivity contribution in [1.29, 1.82) is 0 Å². The Morgan fingerprint density at radius 1 is 1.32 bits per heavy atom. The number of aliphatic hydroxyl groups excluding tert-OH is 1. The van der Waals surface area contributed by atoms with E-state index in [2.05, 4.69) is 5.32 Å². The van der Waals surface area contributed by atoms with Gasteiger partial charge in [-0.1, -0.05) is 31.2 Å². The van der Waals surface area contributed by atoms with E-state index in [1.165, 1.54) is 16.7 Å². The highest BCUT2D eigenvalue weighted by Gasteiger charge is 2.67. The molecule has 9 nitrogen and oxygen atoms in total. The Morgan fingerprint density at radius 2 is 1.97 bits per heavy atom. The van der Waals surface area contributed by atoms with Gasteiger partial charge in [-0.3, -0.25) is 14.5 Å². The Kier molecular flexibility index (Phi) is 6.54. The number of benzene rings is 1. The maximum absolute atomic E-state index is 12.8. The zero-order valence-corrected chi connectivity index (χ0v) is 20.3. The third kappa shape index (κ3) is 3.92. The van der Waals surface area contributed by atoms with Gasteiger partial charge < -0.3 is 27.0 Å². The molecule has 3 aliphatic rings. The fourth-order valence-electron chi connectivity index (χ4n) is 5.51. The topological polar surface area (TPSA) is 159 Å². The van der Waals surface area contributed by atoms with Gasteiger partial charge in [-0.15, -0.1) is 11.8 Å². The number of nitrogens with two attached hydrogens (primary N) is 2. The SMILES string of the molecule is C[C@H]1C(S[C@@H]2CNC(c3ccc([C@@H](N)CC(N)=O)cc3)C2)=C(C(=O)O)N2C(=O)[C@](C)([C@@H](C)O)[C@@H]12. The van der Waals surface area contributed by atoms with Crippen LogP contribution in [-0.2, 0) is 14.4 Å². The summed E-state index contributed by atoms with van der Waals surface area (Å²) in [6, 6.07) is 7.10. The summed E-state index contributed by atoms with van der Waals surface area (Å²) in [6.07, 6.45) is 0.0278. The van der Waals surface area contributed by atoms with Gasteiger partial charge in [0.2, 0.25) is 11.8 Å². The first-order valence-electron chi connectivity index (χ1n) is 11.5. The van der Waals surface area contributed by atoms with E-state index >= 15 is 0 Å². The fourth-order valence-corrected chi connectivity index (χ4v) is 6.98. The van der Waals surface area contributed by atoms with Crippen LogP contribution >= 0.6 is 11.8 Å². The largest absolute Gasteiger partial charge is 0.477 e. The lowest BCUT2D eigenvalue weighted by Crippen LogP contribution is -2.70. The van der Waals surface area contributed by atoms with E-state index in [-0.39, 0.29) is 41.3 Å². The van der Waals surface area contributed by atoms with Crippen LogP contribution in [0.5, 0.6) is 0 Å². The highest BCUT2D eigenvalue weighted by Crippen LogP contribution is 2.57. The van der Waals surface area contributed by atoms with Gasteiger partial charge in [0.15, 0.2) is 0 Å². The first-order valence-corrected chi connectivity index (χ1v) is 12.4. The second-order valence-electron chi connectivity index (χ2n) is 9.77. The summed E-state index contributed by atoms with van der Waals surface area (Å²) in [5.41, 5.74) is 12.3. The van der Waals surface area contributed by atoms with Crippen LogP contribution in [-0.4, -0.2) is 56.8 Å². The molecule has 1 aromatic rings. The predicted octanol–water partition coefficient (Wildman–Crippen LogP) is 1.24. The minimum absolute atomic E-state index is 0.0573. The van der Waals surface area contributed by atoms with E-state index in [9.17, 15) is 24.6 Å². The first kappa shape index (κ1) is 24.7. The van der Waals surface area contributed by atoms with Crippen molar-refractivity contribution in [3.8, 4) is 0 Å². The summed E-state index contributed by atoms with van der Waals surface area (Å²) in [5, 5.41) is 23.8. The number of fused-ring (bicyclic) bond motifs is 1. The molecule has 2 amide bonds. The monoisotopic (exact) mass is 488 g/mol. The molecule has 3 heterocycles. The summed E-state index contributed by atoms with van der Waals surface area (Å²) in [6.45, 7) is 5.95. The number of primary amides is 1. The van der Waals surface area contributed by atoms with Crippen LogP contribution in [0, 0.1) is 11.3 Å². The maximum Gasteiger partial charge on any atom is 0.353 e. The van der Waals surface area contributed by atoms with Gasteiger partial charge in [-0.2, -0.15) is 0 Å². The number of nitrogens with one attached hydrogen (secondary N) is 1. The van der Waals surface area contributed by atoms with E-state index in [0.717, 1.165) is 17.5 Å². The molecule has 7 atom stereocenters. The molecule has 7 N–H and O–H groups in total. The number of carbonyl (C=O) groups is 3. The standard InChI is InChI=1S/C24H32N4O5S/c1-11-20(19(22(31)32)28-21(11)24(3,12(2)29)23(28)33)34-15-8-17(27-10-15)14-6-4-13(5-7-14)16(25)9-18(26)30/h4-7,11-12,15-17,21,27,29H,8-10,25H2,1-3H3,(H2,26,30)(H,31,32)/t11-,12+,15-,16-,17?,21+,24+/m0/s1. The van der Waals surface area contributed by atoms with Crippen LogP contribution < -0.4 is 16.8 Å². The van der Waals surface area contributed by atoms with Crippen molar-refractivity contribution in [3.63, 3.8) is 0 Å². The van der Waals surface area contributed by atoms with Crippen molar-refractivity contribution in [2.75, 3.05) is 6.54 Å². The van der Waals surface area contributed by atoms with Crippen LogP contribution in [0.1, 0.15) is 56.8 Å². The van der Waals surface area contributed by atoms with E-state index in [1.807, 2.05) is 31.2 Å². The molecular weight excluding hydrogens is 456 g/mol. The van der Waals surface area contributed by atoms with E-state index in [0.29, 0.717) is 11.4 Å². The molecule has 34 heavy (non-hydrogen) atoms. The number of carboxylic acid groups (broad SMARTS) is 1. The molecule has 0 radical (unpaired) electrons. The zero-order valence-electron chi connectivity index (χ0n) is 19.5. The second kappa shape index (κ2) is 8.99. The molecule has 184 valence electrons. The number of aliphatic carboxylic acids is 1. The van der Waals surface area contributed by atoms with Crippen LogP contribution in [0.2, 0.25) is 0 Å². The second-order valence-corrected chi connectivity index (χ2v) is 11.1. The Morgan fingerprint density at radius 3 is 2.53 bits per heavy atom. The predicted molar refractivity (Wildman–Crippen MR) is 128 cm³/mol. The maximum atomic E-state index is 12.8. The summed E-state index contributed by atoms with van der Waals surface area (Å²) >= 11 is 1.52. The van der Waals surface area contributed by atoms with Gasteiger partial charge in [-0.25, -0.2) is 4.79 Å². The minimum Gasteiger partial charge on any atom is -0.477 e. The molecule has 2 saturated heterocycles. The van der Waals surface area contributed by atoms with Crippen molar-refractivity contribution in [2.45, 2.75) is 63.1 Å². The van der Waals surface area contributed by atoms with Gasteiger partial charge in [0.25, 0.3) is 0 Å². The Labute approximate surface area is 202 Å². The fraction of sp³-hybridized carbons (Fsp3) is 0.542. The average Bonchev–Trinajstić information content (AvgIpc) is 3.34. The number of amides is 2. The number of hydrogen-bond acceptors (Lipinski definition) is 7. The molecule has 10 heteroatoms. The van der Waals surface area contributed by atoms with Crippen molar-refractivity contribution >= 4 is 29.5 Å². The summed E-state index contributed by atoms with van der Waals surface area (Å²) < 4.78 is 0. The lowest BCUT2D eigenvalue weighted by atomic mass is 9.66. The van der Waals surface area contributed by atoms with E-state index in [4.69, 9.17) is 11.5 Å². The average molecular weight is 489 g/mol.